The predicted molar refractivity (Wildman–Crippen MR) is 101 cm³/mol. The molecule has 2 atom stereocenters. The molecule has 4 bridgehead atoms. The van der Waals surface area contributed by atoms with E-state index in [2.05, 4.69) is 19.2 Å². The SMILES string of the molecule is COC(=O)c1ccc(Cl)c(NC(=O)C23CC4C[C@](C)(C2)C[C@](C)(C4)C3)c1. The minimum absolute atomic E-state index is 0.0583. The van der Waals surface area contributed by atoms with Gasteiger partial charge in [-0.25, -0.2) is 4.79 Å². The minimum atomic E-state index is -0.438. The number of halogens is 1. The molecule has 140 valence electrons. The summed E-state index contributed by atoms with van der Waals surface area (Å²) in [6.07, 6.45) is 6.59. The minimum Gasteiger partial charge on any atom is -0.465 e. The Morgan fingerprint density at radius 1 is 1.12 bits per heavy atom. The van der Waals surface area contributed by atoms with E-state index in [1.54, 1.807) is 18.2 Å². The van der Waals surface area contributed by atoms with Crippen LogP contribution in [0.3, 0.4) is 0 Å². The molecule has 4 aliphatic carbocycles. The summed E-state index contributed by atoms with van der Waals surface area (Å²) in [6, 6.07) is 4.85. The quantitative estimate of drug-likeness (QED) is 0.751. The molecule has 4 saturated carbocycles. The van der Waals surface area contributed by atoms with Crippen LogP contribution in [0.5, 0.6) is 0 Å². The summed E-state index contributed by atoms with van der Waals surface area (Å²) in [5.41, 5.74) is 1.10. The van der Waals surface area contributed by atoms with Gasteiger partial charge in [-0.1, -0.05) is 25.4 Å². The molecular weight excluding hydrogens is 350 g/mol. The van der Waals surface area contributed by atoms with E-state index in [-0.39, 0.29) is 22.2 Å². The van der Waals surface area contributed by atoms with Crippen molar-refractivity contribution in [2.75, 3.05) is 12.4 Å². The zero-order valence-corrected chi connectivity index (χ0v) is 16.4. The number of carbonyl (C=O) groups excluding carboxylic acids is 2. The summed E-state index contributed by atoms with van der Waals surface area (Å²) in [5, 5.41) is 3.48. The lowest BCUT2D eigenvalue weighted by Crippen LogP contribution is -2.58. The lowest BCUT2D eigenvalue weighted by atomic mass is 9.40. The van der Waals surface area contributed by atoms with E-state index >= 15 is 0 Å². The van der Waals surface area contributed by atoms with Crippen LogP contribution in [-0.2, 0) is 9.53 Å². The van der Waals surface area contributed by atoms with Gasteiger partial charge in [-0.15, -0.1) is 0 Å². The maximum Gasteiger partial charge on any atom is 0.337 e. The highest BCUT2D eigenvalue weighted by atomic mass is 35.5. The Balaban J connectivity index is 1.62. The standard InChI is InChI=1S/C21H26ClNO3/c1-19-7-13-8-20(2,10-19)12-21(9-13,11-19)18(25)23-16-6-14(17(24)26-3)4-5-15(16)22/h4-6,13H,7-12H2,1-3H3,(H,23,25)/t13?,19-,20-,21?/m0/s1. The molecular formula is C21H26ClNO3. The van der Waals surface area contributed by atoms with E-state index in [0.717, 1.165) is 19.3 Å². The van der Waals surface area contributed by atoms with Crippen molar-refractivity contribution >= 4 is 29.2 Å². The first-order valence-electron chi connectivity index (χ1n) is 9.35. The summed E-state index contributed by atoms with van der Waals surface area (Å²) in [6.45, 7) is 4.70. The van der Waals surface area contributed by atoms with Crippen LogP contribution >= 0.6 is 11.6 Å². The smallest absolute Gasteiger partial charge is 0.337 e. The number of hydrogen-bond donors (Lipinski definition) is 1. The summed E-state index contributed by atoms with van der Waals surface area (Å²) in [5.74, 6) is 0.263. The molecule has 0 aliphatic heterocycles. The molecule has 1 aromatic rings. The molecule has 0 radical (unpaired) electrons. The Bertz CT molecular complexity index is 771. The molecule has 0 unspecified atom stereocenters. The van der Waals surface area contributed by atoms with Crippen molar-refractivity contribution in [3.63, 3.8) is 0 Å². The number of methoxy groups -OCH3 is 1. The van der Waals surface area contributed by atoms with E-state index in [9.17, 15) is 9.59 Å². The monoisotopic (exact) mass is 375 g/mol. The molecule has 4 aliphatic rings. The fourth-order valence-corrected chi connectivity index (χ4v) is 6.99. The van der Waals surface area contributed by atoms with E-state index < -0.39 is 5.97 Å². The summed E-state index contributed by atoms with van der Waals surface area (Å²) in [7, 11) is 1.34. The van der Waals surface area contributed by atoms with Crippen LogP contribution in [0.15, 0.2) is 18.2 Å². The van der Waals surface area contributed by atoms with Crippen molar-refractivity contribution in [1.82, 2.24) is 0 Å². The van der Waals surface area contributed by atoms with Crippen molar-refractivity contribution in [1.29, 1.82) is 0 Å². The van der Waals surface area contributed by atoms with Crippen LogP contribution < -0.4 is 5.32 Å². The molecule has 4 nitrogen and oxygen atoms in total. The maximum absolute atomic E-state index is 13.4. The van der Waals surface area contributed by atoms with Crippen LogP contribution in [0.4, 0.5) is 5.69 Å². The second kappa shape index (κ2) is 5.72. The fourth-order valence-electron chi connectivity index (χ4n) is 6.82. The van der Waals surface area contributed by atoms with Crippen LogP contribution in [0, 0.1) is 22.2 Å². The van der Waals surface area contributed by atoms with Crippen molar-refractivity contribution < 1.29 is 14.3 Å². The lowest BCUT2D eigenvalue weighted by Gasteiger charge is -2.64. The number of rotatable bonds is 3. The van der Waals surface area contributed by atoms with Gasteiger partial charge in [-0.3, -0.25) is 4.79 Å². The number of ether oxygens (including phenoxy) is 1. The second-order valence-electron chi connectivity index (χ2n) is 9.55. The van der Waals surface area contributed by atoms with Gasteiger partial charge in [0.05, 0.1) is 28.8 Å². The zero-order valence-electron chi connectivity index (χ0n) is 15.7. The molecule has 26 heavy (non-hydrogen) atoms. The van der Waals surface area contributed by atoms with Crippen molar-refractivity contribution in [2.45, 2.75) is 52.4 Å². The molecule has 0 aromatic heterocycles. The number of carbonyl (C=O) groups is 2. The number of amides is 1. The molecule has 4 fully saturated rings. The molecule has 1 N–H and O–H groups in total. The van der Waals surface area contributed by atoms with Gasteiger partial charge in [-0.2, -0.15) is 0 Å². The van der Waals surface area contributed by atoms with Crippen LogP contribution in [0.25, 0.3) is 0 Å². The van der Waals surface area contributed by atoms with Gasteiger partial charge in [0.2, 0.25) is 5.91 Å². The van der Waals surface area contributed by atoms with Crippen molar-refractivity contribution in [3.05, 3.63) is 28.8 Å². The van der Waals surface area contributed by atoms with E-state index in [4.69, 9.17) is 16.3 Å². The molecule has 0 saturated heterocycles. The molecule has 5 rings (SSSR count). The fraction of sp³-hybridized carbons (Fsp3) is 0.619. The van der Waals surface area contributed by atoms with Gasteiger partial charge in [0.1, 0.15) is 0 Å². The van der Waals surface area contributed by atoms with Crippen LogP contribution in [0.1, 0.15) is 62.7 Å². The summed E-state index contributed by atoms with van der Waals surface area (Å²) >= 11 is 6.28. The first-order chi connectivity index (χ1) is 12.2. The Kier molecular flexibility index (Phi) is 3.93. The second-order valence-corrected chi connectivity index (χ2v) is 9.96. The molecule has 1 amide bonds. The summed E-state index contributed by atoms with van der Waals surface area (Å²) in [4.78, 5) is 25.2. The van der Waals surface area contributed by atoms with E-state index in [1.807, 2.05) is 0 Å². The Morgan fingerprint density at radius 3 is 2.35 bits per heavy atom. The van der Waals surface area contributed by atoms with Gasteiger partial charge >= 0.3 is 5.97 Å². The highest BCUT2D eigenvalue weighted by Crippen LogP contribution is 2.69. The van der Waals surface area contributed by atoms with Crippen LogP contribution in [-0.4, -0.2) is 19.0 Å². The first kappa shape index (κ1) is 17.8. The molecule has 0 heterocycles. The van der Waals surface area contributed by atoms with E-state index in [1.165, 1.54) is 26.4 Å². The number of anilines is 1. The van der Waals surface area contributed by atoms with E-state index in [0.29, 0.717) is 22.2 Å². The normalized spacial score (nSPS) is 37.5. The third-order valence-corrected chi connectivity index (χ3v) is 7.07. The third-order valence-electron chi connectivity index (χ3n) is 6.74. The highest BCUT2D eigenvalue weighted by Gasteiger charge is 2.62. The lowest BCUT2D eigenvalue weighted by molar-refractivity contribution is -0.165. The largest absolute Gasteiger partial charge is 0.465 e. The number of nitrogens with one attached hydrogen (secondary N) is 1. The van der Waals surface area contributed by atoms with Gasteiger partial charge in [0.15, 0.2) is 0 Å². The van der Waals surface area contributed by atoms with Gasteiger partial charge in [0.25, 0.3) is 0 Å². The summed E-state index contributed by atoms with van der Waals surface area (Å²) < 4.78 is 4.77. The molecule has 0 spiro atoms. The Hall–Kier alpha value is -1.55. The van der Waals surface area contributed by atoms with Crippen molar-refractivity contribution in [3.8, 4) is 0 Å². The highest BCUT2D eigenvalue weighted by molar-refractivity contribution is 6.34. The zero-order chi connectivity index (χ0) is 18.7. The number of esters is 1. The van der Waals surface area contributed by atoms with Gasteiger partial charge in [-0.05, 0) is 73.5 Å². The predicted octanol–water partition coefficient (Wildman–Crippen LogP) is 5.06. The Labute approximate surface area is 159 Å². The van der Waals surface area contributed by atoms with Crippen molar-refractivity contribution in [2.24, 2.45) is 22.2 Å². The van der Waals surface area contributed by atoms with Crippen LogP contribution in [0.2, 0.25) is 5.02 Å². The number of hydrogen-bond acceptors (Lipinski definition) is 3. The maximum atomic E-state index is 13.4. The topological polar surface area (TPSA) is 55.4 Å². The average molecular weight is 376 g/mol. The molecule has 5 heteroatoms. The third kappa shape index (κ3) is 2.83. The average Bonchev–Trinajstić information content (AvgIpc) is 2.52. The number of benzene rings is 1. The van der Waals surface area contributed by atoms with Gasteiger partial charge < -0.3 is 10.1 Å². The molecule has 1 aromatic carbocycles. The Morgan fingerprint density at radius 2 is 1.77 bits per heavy atom. The first-order valence-corrected chi connectivity index (χ1v) is 9.73. The van der Waals surface area contributed by atoms with Gasteiger partial charge in [0, 0.05) is 0 Å².